The molecule has 0 bridgehead atoms. The van der Waals surface area contributed by atoms with E-state index in [-0.39, 0.29) is 10.8 Å². The molecular weight excluding hydrogens is 334 g/mol. The van der Waals surface area contributed by atoms with Gasteiger partial charge < -0.3 is 5.11 Å². The van der Waals surface area contributed by atoms with Crippen molar-refractivity contribution < 1.29 is 5.11 Å². The molecule has 0 radical (unpaired) electrons. The van der Waals surface area contributed by atoms with Crippen LogP contribution in [0.25, 0.3) is 16.7 Å². The van der Waals surface area contributed by atoms with Gasteiger partial charge in [0.15, 0.2) is 0 Å². The summed E-state index contributed by atoms with van der Waals surface area (Å²) in [4.78, 5) is 1.59. The Kier molecular flexibility index (Phi) is 4.07. The Balaban J connectivity index is 2.29. The maximum Gasteiger partial charge on any atom is 0.125 e. The molecular formula is C20H24ClN3O. The highest BCUT2D eigenvalue weighted by Crippen LogP contribution is 2.42. The summed E-state index contributed by atoms with van der Waals surface area (Å²) in [7, 11) is 0. The van der Waals surface area contributed by atoms with Gasteiger partial charge >= 0.3 is 0 Å². The molecule has 0 aliphatic carbocycles. The molecule has 1 aromatic heterocycles. The molecule has 1 N–H and O–H groups in total. The molecule has 4 nitrogen and oxygen atoms in total. The number of fused-ring (bicyclic) bond motifs is 1. The number of aromatic nitrogens is 3. The number of benzene rings is 2. The van der Waals surface area contributed by atoms with Gasteiger partial charge in [-0.2, -0.15) is 0 Å². The van der Waals surface area contributed by atoms with E-state index < -0.39 is 0 Å². The Hall–Kier alpha value is -2.07. The maximum atomic E-state index is 11.0. The minimum atomic E-state index is -0.266. The molecule has 1 heterocycles. The molecule has 0 aliphatic rings. The summed E-state index contributed by atoms with van der Waals surface area (Å²) in [5, 5.41) is 20.8. The summed E-state index contributed by atoms with van der Waals surface area (Å²) in [5.41, 5.74) is 3.62. The average Bonchev–Trinajstić information content (AvgIpc) is 2.86. The quantitative estimate of drug-likeness (QED) is 0.636. The number of hydrogen-bond donors (Lipinski definition) is 1. The first-order chi connectivity index (χ1) is 11.5. The zero-order chi connectivity index (χ0) is 18.6. The third kappa shape index (κ3) is 3.23. The van der Waals surface area contributed by atoms with Gasteiger partial charge in [-0.05, 0) is 40.7 Å². The summed E-state index contributed by atoms with van der Waals surface area (Å²) in [6.07, 6.45) is 0. The number of rotatable bonds is 1. The second-order valence-electron chi connectivity index (χ2n) is 8.48. The van der Waals surface area contributed by atoms with Crippen molar-refractivity contribution in [2.75, 3.05) is 0 Å². The highest BCUT2D eigenvalue weighted by atomic mass is 35.5. The Morgan fingerprint density at radius 1 is 0.880 bits per heavy atom. The molecule has 132 valence electrons. The van der Waals surface area contributed by atoms with Crippen LogP contribution < -0.4 is 0 Å². The summed E-state index contributed by atoms with van der Waals surface area (Å²) in [5.74, 6) is 0.317. The SMILES string of the molecule is CC(C)(C)c1ccc(-n2nc3ccc(Cl)cc3n2)c(C(C)(C)C)c1O. The van der Waals surface area contributed by atoms with Gasteiger partial charge in [0, 0.05) is 10.6 Å². The molecule has 3 aromatic rings. The number of halogens is 1. The van der Waals surface area contributed by atoms with Gasteiger partial charge in [-0.15, -0.1) is 15.0 Å². The Morgan fingerprint density at radius 2 is 1.52 bits per heavy atom. The monoisotopic (exact) mass is 357 g/mol. The van der Waals surface area contributed by atoms with Crippen molar-refractivity contribution in [2.24, 2.45) is 0 Å². The number of aromatic hydroxyl groups is 1. The van der Waals surface area contributed by atoms with Crippen LogP contribution in [0.1, 0.15) is 52.7 Å². The lowest BCUT2D eigenvalue weighted by Gasteiger charge is -2.28. The molecule has 0 atom stereocenters. The van der Waals surface area contributed by atoms with E-state index in [4.69, 9.17) is 11.6 Å². The zero-order valence-electron chi connectivity index (χ0n) is 15.6. The predicted octanol–water partition coefficient (Wildman–Crippen LogP) is 5.37. The predicted molar refractivity (Wildman–Crippen MR) is 103 cm³/mol. The topological polar surface area (TPSA) is 50.9 Å². The number of phenolic OH excluding ortho intramolecular Hbond substituents is 1. The van der Waals surface area contributed by atoms with Crippen molar-refractivity contribution in [3.05, 3.63) is 46.5 Å². The van der Waals surface area contributed by atoms with Gasteiger partial charge in [-0.3, -0.25) is 0 Å². The lowest BCUT2D eigenvalue weighted by atomic mass is 9.78. The van der Waals surface area contributed by atoms with Crippen LogP contribution in [0.4, 0.5) is 0 Å². The molecule has 0 amide bonds. The van der Waals surface area contributed by atoms with Crippen molar-refractivity contribution in [3.63, 3.8) is 0 Å². The van der Waals surface area contributed by atoms with Crippen LogP contribution in [-0.4, -0.2) is 20.1 Å². The summed E-state index contributed by atoms with van der Waals surface area (Å²) in [6, 6.07) is 9.39. The molecule has 25 heavy (non-hydrogen) atoms. The second kappa shape index (κ2) is 5.73. The van der Waals surface area contributed by atoms with Crippen molar-refractivity contribution in [1.29, 1.82) is 0 Å². The van der Waals surface area contributed by atoms with Gasteiger partial charge in [0.2, 0.25) is 0 Å². The fraction of sp³-hybridized carbons (Fsp3) is 0.400. The standard InChI is InChI=1S/C20H24ClN3O/c1-19(2,3)13-8-10-16(17(18(13)25)20(4,5)6)24-22-14-9-7-12(21)11-15(14)23-24/h7-11,25H,1-6H3. The van der Waals surface area contributed by atoms with E-state index in [0.717, 1.165) is 27.8 Å². The summed E-state index contributed by atoms with van der Waals surface area (Å²) < 4.78 is 0. The normalized spacial score (nSPS) is 12.8. The van der Waals surface area contributed by atoms with Gasteiger partial charge in [-0.1, -0.05) is 59.2 Å². The van der Waals surface area contributed by atoms with E-state index in [1.165, 1.54) is 0 Å². The summed E-state index contributed by atoms with van der Waals surface area (Å²) >= 11 is 6.06. The molecule has 0 aliphatic heterocycles. The Morgan fingerprint density at radius 3 is 2.12 bits per heavy atom. The number of phenols is 1. The van der Waals surface area contributed by atoms with E-state index in [0.29, 0.717) is 10.8 Å². The first kappa shape index (κ1) is 17.7. The van der Waals surface area contributed by atoms with E-state index in [1.807, 2.05) is 18.2 Å². The molecule has 0 saturated heterocycles. The molecule has 5 heteroatoms. The highest BCUT2D eigenvalue weighted by molar-refractivity contribution is 6.31. The van der Waals surface area contributed by atoms with Crippen molar-refractivity contribution in [3.8, 4) is 11.4 Å². The molecule has 3 rings (SSSR count). The van der Waals surface area contributed by atoms with Crippen LogP contribution >= 0.6 is 11.6 Å². The van der Waals surface area contributed by atoms with Crippen LogP contribution in [0.15, 0.2) is 30.3 Å². The van der Waals surface area contributed by atoms with Gasteiger partial charge in [0.1, 0.15) is 16.8 Å². The smallest absolute Gasteiger partial charge is 0.125 e. The largest absolute Gasteiger partial charge is 0.507 e. The number of nitrogens with zero attached hydrogens (tertiary/aromatic N) is 3. The molecule has 0 unspecified atom stereocenters. The Bertz CT molecular complexity index is 946. The van der Waals surface area contributed by atoms with Crippen LogP contribution in [0.2, 0.25) is 5.02 Å². The van der Waals surface area contributed by atoms with E-state index >= 15 is 0 Å². The van der Waals surface area contributed by atoms with E-state index in [1.54, 1.807) is 16.9 Å². The van der Waals surface area contributed by atoms with Crippen molar-refractivity contribution in [1.82, 2.24) is 15.0 Å². The van der Waals surface area contributed by atoms with Gasteiger partial charge in [0.25, 0.3) is 0 Å². The lowest BCUT2D eigenvalue weighted by molar-refractivity contribution is 0.421. The minimum Gasteiger partial charge on any atom is -0.507 e. The molecule has 0 saturated carbocycles. The van der Waals surface area contributed by atoms with Crippen LogP contribution in [0.3, 0.4) is 0 Å². The third-order valence-corrected chi connectivity index (χ3v) is 4.51. The fourth-order valence-corrected chi connectivity index (χ4v) is 3.25. The first-order valence-electron chi connectivity index (χ1n) is 8.38. The van der Waals surface area contributed by atoms with Crippen molar-refractivity contribution in [2.45, 2.75) is 52.4 Å². The fourth-order valence-electron chi connectivity index (χ4n) is 3.09. The van der Waals surface area contributed by atoms with Crippen LogP contribution in [0, 0.1) is 0 Å². The molecule has 0 fully saturated rings. The summed E-state index contributed by atoms with van der Waals surface area (Å²) in [6.45, 7) is 12.5. The van der Waals surface area contributed by atoms with E-state index in [2.05, 4.69) is 51.7 Å². The third-order valence-electron chi connectivity index (χ3n) is 4.27. The zero-order valence-corrected chi connectivity index (χ0v) is 16.3. The van der Waals surface area contributed by atoms with Gasteiger partial charge in [0.05, 0.1) is 5.69 Å². The minimum absolute atomic E-state index is 0.154. The highest BCUT2D eigenvalue weighted by Gasteiger charge is 2.29. The molecule has 0 spiro atoms. The van der Waals surface area contributed by atoms with Gasteiger partial charge in [-0.25, -0.2) is 0 Å². The number of hydrogen-bond acceptors (Lipinski definition) is 3. The average molecular weight is 358 g/mol. The van der Waals surface area contributed by atoms with Crippen LogP contribution in [-0.2, 0) is 10.8 Å². The lowest BCUT2D eigenvalue weighted by Crippen LogP contribution is -2.20. The van der Waals surface area contributed by atoms with Crippen molar-refractivity contribution >= 4 is 22.6 Å². The maximum absolute atomic E-state index is 11.0. The van der Waals surface area contributed by atoms with Crippen LogP contribution in [0.5, 0.6) is 5.75 Å². The molecule has 2 aromatic carbocycles. The second-order valence-corrected chi connectivity index (χ2v) is 8.91. The van der Waals surface area contributed by atoms with E-state index in [9.17, 15) is 5.11 Å². The first-order valence-corrected chi connectivity index (χ1v) is 8.76. The Labute approximate surface area is 153 Å².